The highest BCUT2D eigenvalue weighted by atomic mass is 16.6. The van der Waals surface area contributed by atoms with Crippen LogP contribution in [0.5, 0.6) is 0 Å². The first-order chi connectivity index (χ1) is 35.0. The maximum Gasteiger partial charge on any atom is 0.306 e. The Morgan fingerprint density at radius 2 is 0.549 bits per heavy atom. The summed E-state index contributed by atoms with van der Waals surface area (Å²) in [5.74, 6) is -0.972. The van der Waals surface area contributed by atoms with Gasteiger partial charge in [-0.05, 0) is 57.8 Å². The molecule has 0 aromatic carbocycles. The average Bonchev–Trinajstić information content (AvgIpc) is 3.37. The van der Waals surface area contributed by atoms with Gasteiger partial charge in [0.15, 0.2) is 6.10 Å². The zero-order valence-electron chi connectivity index (χ0n) is 47.0. The van der Waals surface area contributed by atoms with Crippen molar-refractivity contribution in [2.24, 2.45) is 0 Å². The number of ether oxygens (including phenoxy) is 3. The summed E-state index contributed by atoms with van der Waals surface area (Å²) < 4.78 is 16.8. The van der Waals surface area contributed by atoms with Gasteiger partial charge in [-0.2, -0.15) is 0 Å². The van der Waals surface area contributed by atoms with Crippen LogP contribution in [0.4, 0.5) is 0 Å². The summed E-state index contributed by atoms with van der Waals surface area (Å²) >= 11 is 0. The lowest BCUT2D eigenvalue weighted by Gasteiger charge is -2.18. The molecule has 0 bridgehead atoms. The van der Waals surface area contributed by atoms with Crippen molar-refractivity contribution in [1.82, 2.24) is 0 Å². The van der Waals surface area contributed by atoms with E-state index in [1.807, 2.05) is 6.08 Å². The quantitative estimate of drug-likeness (QED) is 0.0261. The molecule has 0 saturated carbocycles. The van der Waals surface area contributed by atoms with Crippen LogP contribution in [0.2, 0.25) is 0 Å². The molecule has 0 saturated heterocycles. The van der Waals surface area contributed by atoms with E-state index in [2.05, 4.69) is 87.6 Å². The maximum absolute atomic E-state index is 12.8. The predicted octanol–water partition coefficient (Wildman–Crippen LogP) is 20.5. The minimum Gasteiger partial charge on any atom is -0.462 e. The zero-order chi connectivity index (χ0) is 51.4. The lowest BCUT2D eigenvalue weighted by atomic mass is 10.0. The zero-order valence-corrected chi connectivity index (χ0v) is 47.0. The maximum atomic E-state index is 12.8. The number of rotatable bonds is 55. The highest BCUT2D eigenvalue weighted by molar-refractivity contribution is 5.71. The van der Waals surface area contributed by atoms with Crippen LogP contribution >= 0.6 is 0 Å². The van der Waals surface area contributed by atoms with Gasteiger partial charge in [0.2, 0.25) is 0 Å². The molecule has 0 aliphatic carbocycles. The van der Waals surface area contributed by atoms with Gasteiger partial charge in [-0.1, -0.05) is 299 Å². The van der Waals surface area contributed by atoms with Crippen LogP contribution in [-0.4, -0.2) is 37.2 Å². The van der Waals surface area contributed by atoms with Crippen LogP contribution in [0, 0.1) is 0 Å². The number of esters is 3. The third-order valence-electron chi connectivity index (χ3n) is 13.2. The molecule has 0 aromatic heterocycles. The Hall–Kier alpha value is -3.15. The summed E-state index contributed by atoms with van der Waals surface area (Å²) in [7, 11) is 0. The molecule has 0 spiro atoms. The highest BCUT2D eigenvalue weighted by Gasteiger charge is 2.19. The summed E-state index contributed by atoms with van der Waals surface area (Å²) in [6.07, 6.45) is 76.3. The first kappa shape index (κ1) is 67.8. The Balaban J connectivity index is 4.41. The van der Waals surface area contributed by atoms with Gasteiger partial charge in [-0.3, -0.25) is 14.4 Å². The van der Waals surface area contributed by atoms with E-state index >= 15 is 0 Å². The van der Waals surface area contributed by atoms with E-state index in [-0.39, 0.29) is 37.5 Å². The Labute approximate surface area is 440 Å². The summed E-state index contributed by atoms with van der Waals surface area (Å²) in [5, 5.41) is 0. The van der Waals surface area contributed by atoms with Gasteiger partial charge < -0.3 is 14.2 Å². The summed E-state index contributed by atoms with van der Waals surface area (Å²) in [4.78, 5) is 38.2. The van der Waals surface area contributed by atoms with Crippen LogP contribution in [0.3, 0.4) is 0 Å². The lowest BCUT2D eigenvalue weighted by Crippen LogP contribution is -2.30. The van der Waals surface area contributed by atoms with E-state index in [0.717, 1.165) is 77.0 Å². The standard InChI is InChI=1S/C65H114O6/c1-4-7-10-13-16-19-22-25-27-29-31-32-34-35-37-40-43-46-49-52-55-58-64(67)70-61-62(60-69-63(66)57-54-51-48-45-42-39-24-21-18-15-12-9-6-3)71-65(68)59-56-53-50-47-44-41-38-36-33-30-28-26-23-20-17-14-11-8-5-2/h8,11,17,20,26,28,33,36,41,44,50,53,62H,4-7,9-10,12-16,18-19,21-25,27,29-32,34-35,37-40,42-43,45-49,51-52,54-61H2,1-3H3/b11-8-,20-17-,28-26-,36-33-,44-41-,53-50-. The molecule has 0 radical (unpaired) electrons. The second kappa shape index (κ2) is 59.4. The predicted molar refractivity (Wildman–Crippen MR) is 307 cm³/mol. The molecule has 0 heterocycles. The normalized spacial score (nSPS) is 12.5. The minimum atomic E-state index is -0.813. The second-order valence-corrected chi connectivity index (χ2v) is 20.2. The van der Waals surface area contributed by atoms with Crippen molar-refractivity contribution >= 4 is 17.9 Å². The van der Waals surface area contributed by atoms with Crippen molar-refractivity contribution < 1.29 is 28.6 Å². The third-order valence-corrected chi connectivity index (χ3v) is 13.2. The number of carbonyl (C=O) groups is 3. The van der Waals surface area contributed by atoms with Crippen molar-refractivity contribution in [3.05, 3.63) is 72.9 Å². The Morgan fingerprint density at radius 3 is 0.831 bits per heavy atom. The fraction of sp³-hybridized carbons (Fsp3) is 0.769. The van der Waals surface area contributed by atoms with Gasteiger partial charge >= 0.3 is 17.9 Å². The summed E-state index contributed by atoms with van der Waals surface area (Å²) in [6.45, 7) is 6.50. The van der Waals surface area contributed by atoms with Gasteiger partial charge in [0, 0.05) is 19.3 Å². The van der Waals surface area contributed by atoms with Crippen molar-refractivity contribution in [3.63, 3.8) is 0 Å². The Morgan fingerprint density at radius 1 is 0.296 bits per heavy atom. The van der Waals surface area contributed by atoms with E-state index in [1.165, 1.54) is 180 Å². The molecule has 0 fully saturated rings. The molecule has 0 N–H and O–H groups in total. The first-order valence-corrected chi connectivity index (χ1v) is 30.4. The van der Waals surface area contributed by atoms with Gasteiger partial charge in [0.25, 0.3) is 0 Å². The van der Waals surface area contributed by atoms with E-state index in [4.69, 9.17) is 14.2 Å². The van der Waals surface area contributed by atoms with Gasteiger partial charge in [-0.15, -0.1) is 0 Å². The number of hydrogen-bond acceptors (Lipinski definition) is 6. The number of hydrogen-bond donors (Lipinski definition) is 0. The number of carbonyl (C=O) groups excluding carboxylic acids is 3. The third kappa shape index (κ3) is 57.6. The molecule has 0 rings (SSSR count). The molecule has 6 nitrogen and oxygen atoms in total. The van der Waals surface area contributed by atoms with Crippen molar-refractivity contribution in [2.45, 2.75) is 309 Å². The highest BCUT2D eigenvalue weighted by Crippen LogP contribution is 2.17. The fourth-order valence-corrected chi connectivity index (χ4v) is 8.71. The molecule has 0 aliphatic rings. The molecule has 6 heteroatoms. The second-order valence-electron chi connectivity index (χ2n) is 20.2. The molecular weight excluding hydrogens is 877 g/mol. The van der Waals surface area contributed by atoms with Gasteiger partial charge in [-0.25, -0.2) is 0 Å². The molecule has 0 amide bonds. The molecule has 1 unspecified atom stereocenters. The van der Waals surface area contributed by atoms with Crippen LogP contribution in [0.25, 0.3) is 0 Å². The SMILES string of the molecule is CC/C=C\C/C=C\C/C=C\C/C=C\C/C=C\C/C=C\CCC(=O)OC(COC(=O)CCCCCCCCCCCCCCC)COC(=O)CCCCCCCCCCCCCCCCCCCCCCC. The topological polar surface area (TPSA) is 78.9 Å². The molecule has 410 valence electrons. The van der Waals surface area contributed by atoms with Crippen LogP contribution in [0.1, 0.15) is 303 Å². The van der Waals surface area contributed by atoms with Gasteiger partial charge in [0.05, 0.1) is 0 Å². The Kier molecular flexibility index (Phi) is 56.8. The van der Waals surface area contributed by atoms with Crippen molar-refractivity contribution in [3.8, 4) is 0 Å². The first-order valence-electron chi connectivity index (χ1n) is 30.4. The molecule has 1 atom stereocenters. The summed E-state index contributed by atoms with van der Waals surface area (Å²) in [6, 6.07) is 0. The fourth-order valence-electron chi connectivity index (χ4n) is 8.71. The van der Waals surface area contributed by atoms with E-state index in [9.17, 15) is 14.4 Å². The molecule has 0 aliphatic heterocycles. The molecule has 0 aromatic rings. The number of unbranched alkanes of at least 4 members (excludes halogenated alkanes) is 32. The van der Waals surface area contributed by atoms with Gasteiger partial charge in [0.1, 0.15) is 13.2 Å². The van der Waals surface area contributed by atoms with E-state index in [0.29, 0.717) is 19.3 Å². The van der Waals surface area contributed by atoms with Crippen molar-refractivity contribution in [2.75, 3.05) is 13.2 Å². The van der Waals surface area contributed by atoms with Crippen LogP contribution in [-0.2, 0) is 28.6 Å². The van der Waals surface area contributed by atoms with Crippen LogP contribution < -0.4 is 0 Å². The van der Waals surface area contributed by atoms with Crippen molar-refractivity contribution in [1.29, 1.82) is 0 Å². The Bertz CT molecular complexity index is 1320. The minimum absolute atomic E-state index is 0.101. The number of allylic oxidation sites excluding steroid dienone is 12. The lowest BCUT2D eigenvalue weighted by molar-refractivity contribution is -0.166. The monoisotopic (exact) mass is 991 g/mol. The van der Waals surface area contributed by atoms with E-state index in [1.54, 1.807) is 0 Å². The smallest absolute Gasteiger partial charge is 0.306 e. The van der Waals surface area contributed by atoms with E-state index < -0.39 is 6.10 Å². The largest absolute Gasteiger partial charge is 0.462 e. The van der Waals surface area contributed by atoms with Crippen LogP contribution in [0.15, 0.2) is 72.9 Å². The molecular formula is C65H114O6. The average molecular weight is 992 g/mol. The summed E-state index contributed by atoms with van der Waals surface area (Å²) in [5.41, 5.74) is 0. The molecule has 71 heavy (non-hydrogen) atoms.